The third-order valence-corrected chi connectivity index (χ3v) is 5.01. The van der Waals surface area contributed by atoms with E-state index in [4.69, 9.17) is 13.6 Å². The van der Waals surface area contributed by atoms with Crippen LogP contribution in [0.15, 0.2) is 87.7 Å². The lowest BCUT2D eigenvalue weighted by Crippen LogP contribution is -2.13. The summed E-state index contributed by atoms with van der Waals surface area (Å²) in [5.41, 5.74) is 2.21. The highest BCUT2D eigenvalue weighted by molar-refractivity contribution is 6.07. The number of hydrogen-bond acceptors (Lipinski definition) is 5. The third-order valence-electron chi connectivity index (χ3n) is 5.01. The molecule has 2 heterocycles. The van der Waals surface area contributed by atoms with Crippen molar-refractivity contribution < 1.29 is 23.2 Å². The van der Waals surface area contributed by atoms with Gasteiger partial charge in [-0.25, -0.2) is 0 Å². The van der Waals surface area contributed by atoms with Crippen LogP contribution in [-0.2, 0) is 0 Å². The fourth-order valence-corrected chi connectivity index (χ4v) is 3.44. The van der Waals surface area contributed by atoms with Crippen molar-refractivity contribution in [2.45, 2.75) is 0 Å². The lowest BCUT2D eigenvalue weighted by atomic mass is 10.2. The molecule has 5 rings (SSSR count). The number of amides is 2. The van der Waals surface area contributed by atoms with Crippen molar-refractivity contribution in [2.24, 2.45) is 0 Å². The molecule has 0 fully saturated rings. The molecule has 7 nitrogen and oxygen atoms in total. The average molecular weight is 426 g/mol. The molecule has 3 aromatic carbocycles. The Balaban J connectivity index is 1.34. The zero-order chi connectivity index (χ0) is 22.1. The molecule has 0 radical (unpaired) electrons. The predicted octanol–water partition coefficient (Wildman–Crippen LogP) is 5.69. The summed E-state index contributed by atoms with van der Waals surface area (Å²) in [7, 11) is 1.48. The van der Waals surface area contributed by atoms with Crippen LogP contribution >= 0.6 is 0 Å². The van der Waals surface area contributed by atoms with Crippen LogP contribution in [0.4, 0.5) is 11.4 Å². The van der Waals surface area contributed by atoms with Gasteiger partial charge in [-0.15, -0.1) is 0 Å². The van der Waals surface area contributed by atoms with Crippen molar-refractivity contribution in [3.8, 4) is 5.75 Å². The van der Waals surface area contributed by atoms with Crippen molar-refractivity contribution in [1.29, 1.82) is 0 Å². The Hall–Kier alpha value is -4.52. The maximum atomic E-state index is 12.6. The number of hydrogen-bond donors (Lipinski definition) is 2. The van der Waals surface area contributed by atoms with Crippen LogP contribution in [0.2, 0.25) is 0 Å². The second kappa shape index (κ2) is 7.96. The number of para-hydroxylation sites is 2. The topological polar surface area (TPSA) is 93.7 Å². The van der Waals surface area contributed by atoms with Crippen LogP contribution in [0.1, 0.15) is 21.1 Å². The monoisotopic (exact) mass is 426 g/mol. The first kappa shape index (κ1) is 19.4. The molecule has 0 unspecified atom stereocenters. The van der Waals surface area contributed by atoms with Gasteiger partial charge in [0.2, 0.25) is 0 Å². The summed E-state index contributed by atoms with van der Waals surface area (Å²) in [6.07, 6.45) is 0. The minimum Gasteiger partial charge on any atom is -0.494 e. The van der Waals surface area contributed by atoms with E-state index in [2.05, 4.69) is 10.6 Å². The largest absolute Gasteiger partial charge is 0.494 e. The van der Waals surface area contributed by atoms with E-state index in [1.165, 1.54) is 7.11 Å². The summed E-state index contributed by atoms with van der Waals surface area (Å²) >= 11 is 0. The number of furan rings is 2. The molecule has 0 aliphatic carbocycles. The van der Waals surface area contributed by atoms with Crippen LogP contribution in [0.3, 0.4) is 0 Å². The second-order valence-corrected chi connectivity index (χ2v) is 7.12. The maximum Gasteiger partial charge on any atom is 0.291 e. The summed E-state index contributed by atoms with van der Waals surface area (Å²) in [6.45, 7) is 0. The van der Waals surface area contributed by atoms with E-state index >= 15 is 0 Å². The number of anilines is 2. The van der Waals surface area contributed by atoms with E-state index in [0.29, 0.717) is 28.3 Å². The summed E-state index contributed by atoms with van der Waals surface area (Å²) in [4.78, 5) is 25.2. The van der Waals surface area contributed by atoms with Crippen LogP contribution in [0.25, 0.3) is 21.9 Å². The van der Waals surface area contributed by atoms with Gasteiger partial charge >= 0.3 is 0 Å². The Morgan fingerprint density at radius 3 is 1.84 bits per heavy atom. The van der Waals surface area contributed by atoms with Crippen LogP contribution in [0, 0.1) is 0 Å². The van der Waals surface area contributed by atoms with Crippen LogP contribution < -0.4 is 15.4 Å². The van der Waals surface area contributed by atoms with Crippen molar-refractivity contribution >= 4 is 45.1 Å². The normalized spacial score (nSPS) is 10.9. The molecule has 2 N–H and O–H groups in total. The van der Waals surface area contributed by atoms with E-state index in [1.807, 2.05) is 36.4 Å². The Labute approximate surface area is 182 Å². The minimum absolute atomic E-state index is 0.190. The molecule has 0 spiro atoms. The Kier molecular flexibility index (Phi) is 4.84. The lowest BCUT2D eigenvalue weighted by Gasteiger charge is -2.11. The molecule has 0 saturated carbocycles. The molecule has 32 heavy (non-hydrogen) atoms. The SMILES string of the molecule is COc1cc(NC(=O)c2cc3ccccc3o2)ccc1NC(=O)c1cc2ccccc2o1. The summed E-state index contributed by atoms with van der Waals surface area (Å²) in [5.74, 6) is -0.0132. The molecule has 2 aromatic heterocycles. The Morgan fingerprint density at radius 2 is 1.28 bits per heavy atom. The average Bonchev–Trinajstić information content (AvgIpc) is 3.44. The zero-order valence-corrected chi connectivity index (χ0v) is 17.0. The van der Waals surface area contributed by atoms with Gasteiger partial charge in [-0.3, -0.25) is 9.59 Å². The van der Waals surface area contributed by atoms with Gasteiger partial charge in [0, 0.05) is 22.5 Å². The minimum atomic E-state index is -0.404. The van der Waals surface area contributed by atoms with Gasteiger partial charge in [-0.2, -0.15) is 0 Å². The first-order valence-corrected chi connectivity index (χ1v) is 9.88. The Bertz CT molecular complexity index is 1400. The van der Waals surface area contributed by atoms with Crippen molar-refractivity contribution in [3.63, 3.8) is 0 Å². The number of carbonyl (C=O) groups is 2. The molecule has 0 atom stereocenters. The van der Waals surface area contributed by atoms with Gasteiger partial charge in [0.25, 0.3) is 11.8 Å². The quantitative estimate of drug-likeness (QED) is 0.376. The summed E-state index contributed by atoms with van der Waals surface area (Å²) in [5, 5.41) is 7.25. The zero-order valence-electron chi connectivity index (χ0n) is 17.0. The van der Waals surface area contributed by atoms with Gasteiger partial charge in [0.1, 0.15) is 16.9 Å². The van der Waals surface area contributed by atoms with Crippen LogP contribution in [-0.4, -0.2) is 18.9 Å². The fraction of sp³-hybridized carbons (Fsp3) is 0.0400. The van der Waals surface area contributed by atoms with Crippen molar-refractivity contribution in [1.82, 2.24) is 0 Å². The summed E-state index contributed by atoms with van der Waals surface area (Å²) in [6, 6.07) is 23.1. The first-order chi connectivity index (χ1) is 15.6. The van der Waals surface area contributed by atoms with Gasteiger partial charge in [-0.05, 0) is 36.4 Å². The number of rotatable bonds is 5. The Morgan fingerprint density at radius 1 is 0.719 bits per heavy atom. The first-order valence-electron chi connectivity index (χ1n) is 9.88. The number of nitrogens with one attached hydrogen (secondary N) is 2. The van der Waals surface area contributed by atoms with E-state index < -0.39 is 5.91 Å². The number of methoxy groups -OCH3 is 1. The van der Waals surface area contributed by atoms with Gasteiger partial charge in [-0.1, -0.05) is 36.4 Å². The van der Waals surface area contributed by atoms with E-state index in [0.717, 1.165) is 10.8 Å². The summed E-state index contributed by atoms with van der Waals surface area (Å²) < 4.78 is 16.6. The lowest BCUT2D eigenvalue weighted by molar-refractivity contribution is 0.0991. The highest BCUT2D eigenvalue weighted by atomic mass is 16.5. The molecule has 0 saturated heterocycles. The fourth-order valence-electron chi connectivity index (χ4n) is 3.44. The maximum absolute atomic E-state index is 12.6. The van der Waals surface area contributed by atoms with Crippen LogP contribution in [0.5, 0.6) is 5.75 Å². The molecular weight excluding hydrogens is 408 g/mol. The second-order valence-electron chi connectivity index (χ2n) is 7.12. The van der Waals surface area contributed by atoms with Crippen molar-refractivity contribution in [3.05, 3.63) is 90.4 Å². The molecular formula is C25H18N2O5. The molecule has 0 aliphatic rings. The molecule has 158 valence electrons. The van der Waals surface area contributed by atoms with Crippen molar-refractivity contribution in [2.75, 3.05) is 17.7 Å². The molecule has 0 aliphatic heterocycles. The number of benzene rings is 3. The molecule has 2 amide bonds. The van der Waals surface area contributed by atoms with Gasteiger partial charge in [0.15, 0.2) is 11.5 Å². The van der Waals surface area contributed by atoms with E-state index in [9.17, 15) is 9.59 Å². The highest BCUT2D eigenvalue weighted by Crippen LogP contribution is 2.30. The van der Waals surface area contributed by atoms with E-state index in [-0.39, 0.29) is 17.4 Å². The molecule has 5 aromatic rings. The smallest absolute Gasteiger partial charge is 0.291 e. The highest BCUT2D eigenvalue weighted by Gasteiger charge is 2.17. The van der Waals surface area contributed by atoms with E-state index in [1.54, 1.807) is 42.5 Å². The number of fused-ring (bicyclic) bond motifs is 2. The van der Waals surface area contributed by atoms with Gasteiger partial charge < -0.3 is 24.2 Å². The third kappa shape index (κ3) is 3.67. The number of ether oxygens (including phenoxy) is 1. The predicted molar refractivity (Wildman–Crippen MR) is 121 cm³/mol. The van der Waals surface area contributed by atoms with Gasteiger partial charge in [0.05, 0.1) is 12.8 Å². The number of carbonyl (C=O) groups excluding carboxylic acids is 2. The molecule has 7 heteroatoms. The molecule has 0 bridgehead atoms. The standard InChI is InChI=1S/C25H18N2O5/c1-30-21-14-17(26-24(28)22-12-15-6-2-4-8-19(15)31-22)10-11-18(21)27-25(29)23-13-16-7-3-5-9-20(16)32-23/h2-14H,1H3,(H,26,28)(H,27,29).